The number of nitrogens with zero attached hydrogens (tertiary/aromatic N) is 1. The van der Waals surface area contributed by atoms with Gasteiger partial charge in [-0.1, -0.05) is 12.1 Å². The van der Waals surface area contributed by atoms with Gasteiger partial charge in [-0.15, -0.1) is 0 Å². The lowest BCUT2D eigenvalue weighted by atomic mass is 10.0. The van der Waals surface area contributed by atoms with Crippen LogP contribution in [0.2, 0.25) is 0 Å². The van der Waals surface area contributed by atoms with Crippen LogP contribution in [0.1, 0.15) is 32.3 Å². The Morgan fingerprint density at radius 3 is 2.55 bits per heavy atom. The second-order valence-electron chi connectivity index (χ2n) is 5.55. The Labute approximate surface area is 123 Å². The molecule has 0 bridgehead atoms. The van der Waals surface area contributed by atoms with Crippen molar-refractivity contribution in [2.75, 3.05) is 37.7 Å². The molecule has 3 nitrogen and oxygen atoms in total. The van der Waals surface area contributed by atoms with Crippen molar-refractivity contribution in [1.29, 1.82) is 0 Å². The first-order chi connectivity index (χ1) is 9.83. The molecule has 2 rings (SSSR count). The van der Waals surface area contributed by atoms with Crippen molar-refractivity contribution < 1.29 is 4.74 Å². The predicted octanol–water partition coefficient (Wildman–Crippen LogP) is 3.05. The van der Waals surface area contributed by atoms with Crippen LogP contribution in [0.25, 0.3) is 0 Å². The largest absolute Gasteiger partial charge is 0.381 e. The highest BCUT2D eigenvalue weighted by Crippen LogP contribution is 2.15. The quantitative estimate of drug-likeness (QED) is 0.828. The molecule has 1 saturated heterocycles. The second-order valence-corrected chi connectivity index (χ2v) is 5.55. The number of anilines is 1. The van der Waals surface area contributed by atoms with Gasteiger partial charge < -0.3 is 15.0 Å². The zero-order valence-corrected chi connectivity index (χ0v) is 12.9. The van der Waals surface area contributed by atoms with Crippen molar-refractivity contribution in [1.82, 2.24) is 5.32 Å². The number of hydrogen-bond acceptors (Lipinski definition) is 3. The first-order valence-corrected chi connectivity index (χ1v) is 7.95. The number of ether oxygens (including phenoxy) is 1. The molecular weight excluding hydrogens is 248 g/mol. The predicted molar refractivity (Wildman–Crippen MR) is 85.3 cm³/mol. The first kappa shape index (κ1) is 15.3. The van der Waals surface area contributed by atoms with Gasteiger partial charge in [0.2, 0.25) is 0 Å². The molecule has 0 saturated carbocycles. The Hall–Kier alpha value is -1.06. The van der Waals surface area contributed by atoms with E-state index in [9.17, 15) is 0 Å². The van der Waals surface area contributed by atoms with E-state index in [4.69, 9.17) is 4.74 Å². The third-order valence-corrected chi connectivity index (χ3v) is 4.08. The van der Waals surface area contributed by atoms with Crippen molar-refractivity contribution in [2.45, 2.75) is 33.2 Å². The Morgan fingerprint density at radius 2 is 1.95 bits per heavy atom. The highest BCUT2D eigenvalue weighted by atomic mass is 16.5. The van der Waals surface area contributed by atoms with Gasteiger partial charge in [0.05, 0.1) is 6.61 Å². The van der Waals surface area contributed by atoms with E-state index in [2.05, 4.69) is 48.3 Å². The van der Waals surface area contributed by atoms with Crippen LogP contribution in [0.4, 0.5) is 5.69 Å². The second kappa shape index (κ2) is 8.28. The summed E-state index contributed by atoms with van der Waals surface area (Å²) in [6, 6.07) is 8.93. The lowest BCUT2D eigenvalue weighted by Crippen LogP contribution is -2.28. The van der Waals surface area contributed by atoms with E-state index in [0.29, 0.717) is 5.92 Å². The highest BCUT2D eigenvalue weighted by molar-refractivity contribution is 5.47. The summed E-state index contributed by atoms with van der Waals surface area (Å²) in [5, 5.41) is 3.55. The Kier molecular flexibility index (Phi) is 6.34. The fourth-order valence-electron chi connectivity index (χ4n) is 2.80. The summed E-state index contributed by atoms with van der Waals surface area (Å²) in [5.74, 6) is 0.693. The van der Waals surface area contributed by atoms with Gasteiger partial charge in [0.15, 0.2) is 0 Å². The van der Waals surface area contributed by atoms with Gasteiger partial charge in [0, 0.05) is 38.5 Å². The van der Waals surface area contributed by atoms with Gasteiger partial charge in [-0.3, -0.25) is 0 Å². The van der Waals surface area contributed by atoms with E-state index >= 15 is 0 Å². The maximum absolute atomic E-state index is 5.51. The van der Waals surface area contributed by atoms with Crippen LogP contribution in [0.15, 0.2) is 24.3 Å². The Balaban J connectivity index is 1.75. The molecule has 3 heteroatoms. The van der Waals surface area contributed by atoms with Crippen LogP contribution >= 0.6 is 0 Å². The summed E-state index contributed by atoms with van der Waals surface area (Å²) in [4.78, 5) is 2.37. The van der Waals surface area contributed by atoms with Gasteiger partial charge in [-0.2, -0.15) is 0 Å². The van der Waals surface area contributed by atoms with E-state index in [-0.39, 0.29) is 0 Å². The molecule has 1 fully saturated rings. The topological polar surface area (TPSA) is 24.5 Å². The van der Waals surface area contributed by atoms with Crippen molar-refractivity contribution in [3.8, 4) is 0 Å². The third kappa shape index (κ3) is 4.50. The molecule has 112 valence electrons. The van der Waals surface area contributed by atoms with E-state index in [1.807, 2.05) is 0 Å². The minimum absolute atomic E-state index is 0.693. The number of hydrogen-bond donors (Lipinski definition) is 1. The van der Waals surface area contributed by atoms with E-state index in [1.165, 1.54) is 24.1 Å². The van der Waals surface area contributed by atoms with Crippen LogP contribution < -0.4 is 10.2 Å². The molecule has 1 heterocycles. The smallest absolute Gasteiger partial charge is 0.0506 e. The van der Waals surface area contributed by atoms with Gasteiger partial charge in [0.25, 0.3) is 0 Å². The van der Waals surface area contributed by atoms with Crippen LogP contribution in [-0.4, -0.2) is 32.8 Å². The number of benzene rings is 1. The number of rotatable bonds is 7. The maximum Gasteiger partial charge on any atom is 0.0506 e. The molecule has 0 amide bonds. The molecule has 1 aromatic rings. The van der Waals surface area contributed by atoms with E-state index < -0.39 is 0 Å². The average Bonchev–Trinajstić information content (AvgIpc) is 2.51. The molecule has 1 N–H and O–H groups in total. The Bertz CT molecular complexity index is 367. The minimum Gasteiger partial charge on any atom is -0.381 e. The summed E-state index contributed by atoms with van der Waals surface area (Å²) in [5.41, 5.74) is 2.68. The molecule has 1 aliphatic rings. The molecule has 1 unspecified atom stereocenters. The summed E-state index contributed by atoms with van der Waals surface area (Å²) in [6.45, 7) is 10.4. The highest BCUT2D eigenvalue weighted by Gasteiger charge is 2.12. The van der Waals surface area contributed by atoms with Gasteiger partial charge in [-0.25, -0.2) is 0 Å². The number of nitrogens with one attached hydrogen (secondary N) is 1. The molecule has 0 spiro atoms. The van der Waals surface area contributed by atoms with Crippen LogP contribution in [0.3, 0.4) is 0 Å². The SMILES string of the molecule is CCN(CC)c1ccc(CNCC2CCCOC2)cc1. The van der Waals surface area contributed by atoms with Gasteiger partial charge >= 0.3 is 0 Å². The maximum atomic E-state index is 5.51. The average molecular weight is 276 g/mol. The zero-order chi connectivity index (χ0) is 14.2. The van der Waals surface area contributed by atoms with Crippen molar-refractivity contribution in [2.24, 2.45) is 5.92 Å². The van der Waals surface area contributed by atoms with Crippen molar-refractivity contribution >= 4 is 5.69 Å². The lowest BCUT2D eigenvalue weighted by molar-refractivity contribution is 0.0547. The minimum atomic E-state index is 0.693. The van der Waals surface area contributed by atoms with Gasteiger partial charge in [0.1, 0.15) is 0 Å². The monoisotopic (exact) mass is 276 g/mol. The molecular formula is C17H28N2O. The summed E-state index contributed by atoms with van der Waals surface area (Å²) < 4.78 is 5.51. The fraction of sp³-hybridized carbons (Fsp3) is 0.647. The zero-order valence-electron chi connectivity index (χ0n) is 12.9. The fourth-order valence-corrected chi connectivity index (χ4v) is 2.80. The molecule has 0 aliphatic carbocycles. The van der Waals surface area contributed by atoms with Gasteiger partial charge in [-0.05, 0) is 50.3 Å². The standard InChI is InChI=1S/C17H28N2O/c1-3-19(4-2)17-9-7-15(8-10-17)12-18-13-16-6-5-11-20-14-16/h7-10,16,18H,3-6,11-14H2,1-2H3. The third-order valence-electron chi connectivity index (χ3n) is 4.08. The Morgan fingerprint density at radius 1 is 1.20 bits per heavy atom. The lowest BCUT2D eigenvalue weighted by Gasteiger charge is -2.23. The van der Waals surface area contributed by atoms with Crippen molar-refractivity contribution in [3.05, 3.63) is 29.8 Å². The summed E-state index contributed by atoms with van der Waals surface area (Å²) in [6.07, 6.45) is 2.51. The first-order valence-electron chi connectivity index (χ1n) is 7.95. The normalized spacial score (nSPS) is 19.0. The molecule has 1 aromatic carbocycles. The summed E-state index contributed by atoms with van der Waals surface area (Å²) >= 11 is 0. The van der Waals surface area contributed by atoms with Crippen LogP contribution in [-0.2, 0) is 11.3 Å². The van der Waals surface area contributed by atoms with Crippen LogP contribution in [0, 0.1) is 5.92 Å². The summed E-state index contributed by atoms with van der Waals surface area (Å²) in [7, 11) is 0. The van der Waals surface area contributed by atoms with E-state index in [1.54, 1.807) is 0 Å². The molecule has 1 aliphatic heterocycles. The molecule has 0 aromatic heterocycles. The van der Waals surface area contributed by atoms with Crippen molar-refractivity contribution in [3.63, 3.8) is 0 Å². The molecule has 1 atom stereocenters. The van der Waals surface area contributed by atoms with Crippen LogP contribution in [0.5, 0.6) is 0 Å². The van der Waals surface area contributed by atoms with E-state index in [0.717, 1.165) is 39.4 Å². The molecule has 20 heavy (non-hydrogen) atoms. The molecule has 0 radical (unpaired) electrons.